The predicted molar refractivity (Wildman–Crippen MR) is 106 cm³/mol. The summed E-state index contributed by atoms with van der Waals surface area (Å²) in [4.78, 5) is 28.2. The number of aromatic nitrogens is 2. The molecule has 1 amide bonds. The van der Waals surface area contributed by atoms with Gasteiger partial charge in [-0.25, -0.2) is 9.18 Å². The third-order valence-electron chi connectivity index (χ3n) is 4.30. The largest absolute Gasteiger partial charge is 0.478 e. The van der Waals surface area contributed by atoms with Crippen LogP contribution in [0.15, 0.2) is 77.3 Å². The van der Waals surface area contributed by atoms with Crippen molar-refractivity contribution < 1.29 is 23.6 Å². The number of aromatic carboxylic acids is 1. The first-order valence-corrected chi connectivity index (χ1v) is 8.85. The molecule has 2 N–H and O–H groups in total. The molecule has 0 radical (unpaired) electrons. The van der Waals surface area contributed by atoms with Crippen LogP contribution in [0, 0.1) is 5.82 Å². The highest BCUT2D eigenvalue weighted by Gasteiger charge is 2.17. The third kappa shape index (κ3) is 3.93. The number of rotatable bonds is 5. The normalized spacial score (nSPS) is 10.6. The average molecular weight is 403 g/mol. The van der Waals surface area contributed by atoms with Crippen molar-refractivity contribution in [3.05, 3.63) is 89.7 Å². The van der Waals surface area contributed by atoms with Crippen molar-refractivity contribution in [1.29, 1.82) is 0 Å². The van der Waals surface area contributed by atoms with E-state index in [1.165, 1.54) is 36.4 Å². The van der Waals surface area contributed by atoms with E-state index < -0.39 is 11.9 Å². The Kier molecular flexibility index (Phi) is 5.04. The molecule has 148 valence electrons. The van der Waals surface area contributed by atoms with Crippen LogP contribution < -0.4 is 5.32 Å². The van der Waals surface area contributed by atoms with Crippen LogP contribution in [0.4, 0.5) is 10.1 Å². The second-order valence-electron chi connectivity index (χ2n) is 6.32. The molecule has 0 aliphatic rings. The number of hydrogen-bond acceptors (Lipinski definition) is 5. The topological polar surface area (TPSA) is 105 Å². The van der Waals surface area contributed by atoms with Crippen LogP contribution in [-0.2, 0) is 0 Å². The minimum absolute atomic E-state index is 0.0496. The maximum absolute atomic E-state index is 13.1. The van der Waals surface area contributed by atoms with E-state index in [0.717, 1.165) is 0 Å². The molecule has 0 saturated carbocycles. The molecule has 8 heteroatoms. The van der Waals surface area contributed by atoms with E-state index >= 15 is 0 Å². The van der Waals surface area contributed by atoms with Crippen LogP contribution in [0.1, 0.15) is 20.7 Å². The van der Waals surface area contributed by atoms with Gasteiger partial charge in [0, 0.05) is 16.8 Å². The first kappa shape index (κ1) is 19.0. The van der Waals surface area contributed by atoms with E-state index in [1.54, 1.807) is 36.4 Å². The Hall–Kier alpha value is -4.33. The zero-order chi connectivity index (χ0) is 21.1. The number of carboxylic acids is 1. The van der Waals surface area contributed by atoms with Gasteiger partial charge in [0.25, 0.3) is 11.8 Å². The number of halogens is 1. The van der Waals surface area contributed by atoms with E-state index in [0.29, 0.717) is 16.8 Å². The van der Waals surface area contributed by atoms with Crippen molar-refractivity contribution >= 4 is 17.6 Å². The number of carbonyl (C=O) groups is 2. The standard InChI is InChI=1S/C22H14FN3O4/c23-15-10-8-13(9-11-15)21-25-19(26-30-21)14-4-3-5-16(12-14)24-20(27)17-6-1-2-7-18(17)22(28)29/h1-12H,(H,24,27)(H,28,29). The molecule has 4 aromatic rings. The fraction of sp³-hybridized carbons (Fsp3) is 0. The molecule has 3 aromatic carbocycles. The van der Waals surface area contributed by atoms with Gasteiger partial charge in [0.05, 0.1) is 11.1 Å². The summed E-state index contributed by atoms with van der Waals surface area (Å²) in [5.74, 6) is -1.59. The number of carbonyl (C=O) groups excluding carboxylic acids is 1. The molecule has 30 heavy (non-hydrogen) atoms. The van der Waals surface area contributed by atoms with Gasteiger partial charge in [0.1, 0.15) is 5.82 Å². The summed E-state index contributed by atoms with van der Waals surface area (Å²) in [7, 11) is 0. The van der Waals surface area contributed by atoms with E-state index in [-0.39, 0.29) is 28.7 Å². The second kappa shape index (κ2) is 7.96. The van der Waals surface area contributed by atoms with Crippen molar-refractivity contribution in [2.24, 2.45) is 0 Å². The van der Waals surface area contributed by atoms with Crippen molar-refractivity contribution in [3.63, 3.8) is 0 Å². The first-order chi connectivity index (χ1) is 14.5. The maximum atomic E-state index is 13.1. The molecule has 0 aliphatic carbocycles. The van der Waals surface area contributed by atoms with Crippen molar-refractivity contribution in [2.75, 3.05) is 5.32 Å². The molecule has 1 aromatic heterocycles. The van der Waals surface area contributed by atoms with Gasteiger partial charge in [-0.2, -0.15) is 4.98 Å². The van der Waals surface area contributed by atoms with Gasteiger partial charge in [0.15, 0.2) is 0 Å². The molecule has 0 spiro atoms. The zero-order valence-corrected chi connectivity index (χ0v) is 15.4. The number of benzene rings is 3. The van der Waals surface area contributed by atoms with Crippen LogP contribution in [0.3, 0.4) is 0 Å². The molecule has 1 heterocycles. The van der Waals surface area contributed by atoms with Gasteiger partial charge in [-0.1, -0.05) is 29.4 Å². The van der Waals surface area contributed by atoms with Crippen LogP contribution in [-0.4, -0.2) is 27.1 Å². The van der Waals surface area contributed by atoms with E-state index in [2.05, 4.69) is 15.5 Å². The fourth-order valence-corrected chi connectivity index (χ4v) is 2.85. The lowest BCUT2D eigenvalue weighted by Crippen LogP contribution is -2.16. The van der Waals surface area contributed by atoms with Gasteiger partial charge in [-0.3, -0.25) is 4.79 Å². The number of hydrogen-bond donors (Lipinski definition) is 2. The number of nitrogens with zero attached hydrogens (tertiary/aromatic N) is 2. The molecule has 0 aliphatic heterocycles. The SMILES string of the molecule is O=C(O)c1ccccc1C(=O)Nc1cccc(-c2noc(-c3ccc(F)cc3)n2)c1. The Morgan fingerprint density at radius 1 is 0.900 bits per heavy atom. The summed E-state index contributed by atoms with van der Waals surface area (Å²) in [5, 5.41) is 15.9. The highest BCUT2D eigenvalue weighted by atomic mass is 19.1. The summed E-state index contributed by atoms with van der Waals surface area (Å²) in [6.07, 6.45) is 0. The van der Waals surface area contributed by atoms with Gasteiger partial charge in [0.2, 0.25) is 5.82 Å². The summed E-state index contributed by atoms with van der Waals surface area (Å²) in [6.45, 7) is 0. The van der Waals surface area contributed by atoms with E-state index in [1.807, 2.05) is 0 Å². The summed E-state index contributed by atoms with van der Waals surface area (Å²) in [5.41, 5.74) is 1.55. The second-order valence-corrected chi connectivity index (χ2v) is 6.32. The molecular formula is C22H14FN3O4. The Labute approximate surface area is 169 Å². The lowest BCUT2D eigenvalue weighted by molar-refractivity contribution is 0.0692. The first-order valence-electron chi connectivity index (χ1n) is 8.85. The number of nitrogens with one attached hydrogen (secondary N) is 1. The Balaban J connectivity index is 1.57. The maximum Gasteiger partial charge on any atom is 0.336 e. The lowest BCUT2D eigenvalue weighted by Gasteiger charge is -2.08. The number of anilines is 1. The number of carboxylic acid groups (broad SMARTS) is 1. The Morgan fingerprint density at radius 2 is 1.63 bits per heavy atom. The van der Waals surface area contributed by atoms with Crippen molar-refractivity contribution in [3.8, 4) is 22.8 Å². The van der Waals surface area contributed by atoms with Crippen LogP contribution >= 0.6 is 0 Å². The van der Waals surface area contributed by atoms with Gasteiger partial charge < -0.3 is 14.9 Å². The number of amides is 1. The summed E-state index contributed by atoms with van der Waals surface area (Å²) < 4.78 is 18.3. The molecule has 0 atom stereocenters. The minimum Gasteiger partial charge on any atom is -0.478 e. The van der Waals surface area contributed by atoms with Crippen LogP contribution in [0.2, 0.25) is 0 Å². The molecule has 7 nitrogen and oxygen atoms in total. The molecule has 0 saturated heterocycles. The molecule has 0 unspecified atom stereocenters. The van der Waals surface area contributed by atoms with Crippen molar-refractivity contribution in [1.82, 2.24) is 10.1 Å². The highest BCUT2D eigenvalue weighted by Crippen LogP contribution is 2.24. The van der Waals surface area contributed by atoms with E-state index in [9.17, 15) is 19.1 Å². The summed E-state index contributed by atoms with van der Waals surface area (Å²) >= 11 is 0. The summed E-state index contributed by atoms with van der Waals surface area (Å²) in [6, 6.07) is 18.3. The molecule has 4 rings (SSSR count). The molecular weight excluding hydrogens is 389 g/mol. The smallest absolute Gasteiger partial charge is 0.336 e. The van der Waals surface area contributed by atoms with Crippen molar-refractivity contribution in [2.45, 2.75) is 0 Å². The van der Waals surface area contributed by atoms with E-state index in [4.69, 9.17) is 4.52 Å². The van der Waals surface area contributed by atoms with Crippen LogP contribution in [0.25, 0.3) is 22.8 Å². The lowest BCUT2D eigenvalue weighted by atomic mass is 10.1. The monoisotopic (exact) mass is 403 g/mol. The highest BCUT2D eigenvalue weighted by molar-refractivity contribution is 6.10. The van der Waals surface area contributed by atoms with Gasteiger partial charge >= 0.3 is 5.97 Å². The Bertz CT molecular complexity index is 1240. The minimum atomic E-state index is -1.19. The quantitative estimate of drug-likeness (QED) is 0.509. The van der Waals surface area contributed by atoms with Gasteiger partial charge in [-0.05, 0) is 48.5 Å². The Morgan fingerprint density at radius 3 is 2.37 bits per heavy atom. The van der Waals surface area contributed by atoms with Crippen LogP contribution in [0.5, 0.6) is 0 Å². The van der Waals surface area contributed by atoms with Gasteiger partial charge in [-0.15, -0.1) is 0 Å². The third-order valence-corrected chi connectivity index (χ3v) is 4.30. The predicted octanol–water partition coefficient (Wildman–Crippen LogP) is 4.49. The average Bonchev–Trinajstić information content (AvgIpc) is 3.25. The zero-order valence-electron chi connectivity index (χ0n) is 15.4. The molecule has 0 fully saturated rings. The fourth-order valence-electron chi connectivity index (χ4n) is 2.85. The molecule has 0 bridgehead atoms.